The summed E-state index contributed by atoms with van der Waals surface area (Å²) < 4.78 is 15.8. The number of rotatable bonds is 4. The first-order chi connectivity index (χ1) is 9.51. The van der Waals surface area contributed by atoms with Crippen LogP contribution in [0, 0.1) is 5.82 Å². The summed E-state index contributed by atoms with van der Waals surface area (Å²) in [5, 5.41) is 7.02. The van der Waals surface area contributed by atoms with Gasteiger partial charge in [0.1, 0.15) is 11.9 Å². The highest BCUT2D eigenvalue weighted by Gasteiger charge is 2.20. The molecule has 20 heavy (non-hydrogen) atoms. The molecule has 0 aliphatic heterocycles. The van der Waals surface area contributed by atoms with Crippen molar-refractivity contribution in [2.45, 2.75) is 19.4 Å². The highest BCUT2D eigenvalue weighted by molar-refractivity contribution is 9.10. The lowest BCUT2D eigenvalue weighted by Crippen LogP contribution is -2.26. The minimum Gasteiger partial charge on any atom is -0.322 e. The predicted octanol–water partition coefficient (Wildman–Crippen LogP) is 4.03. The Morgan fingerprint density at radius 2 is 2.35 bits per heavy atom. The van der Waals surface area contributed by atoms with Crippen LogP contribution < -0.4 is 5.32 Å². The fraction of sp³-hybridized carbons (Fsp3) is 0.231. The second-order valence-corrected chi connectivity index (χ2v) is 5.53. The second kappa shape index (κ2) is 6.37. The van der Waals surface area contributed by atoms with Crippen molar-refractivity contribution in [2.24, 2.45) is 0 Å². The average Bonchev–Trinajstić information content (AvgIpc) is 2.80. The Labute approximate surface area is 129 Å². The Bertz CT molecular complexity index is 632. The normalized spacial score (nSPS) is 12.2. The molecule has 2 aromatic rings. The van der Waals surface area contributed by atoms with E-state index in [1.165, 1.54) is 23.0 Å². The van der Waals surface area contributed by atoms with Crippen LogP contribution in [0.1, 0.15) is 19.4 Å². The van der Waals surface area contributed by atoms with Crippen molar-refractivity contribution in [3.05, 3.63) is 45.9 Å². The van der Waals surface area contributed by atoms with Crippen LogP contribution in [0.2, 0.25) is 5.02 Å². The van der Waals surface area contributed by atoms with E-state index in [4.69, 9.17) is 11.6 Å². The van der Waals surface area contributed by atoms with Crippen LogP contribution in [-0.2, 0) is 4.79 Å². The molecule has 1 aromatic carbocycles. The van der Waals surface area contributed by atoms with Crippen LogP contribution in [0.25, 0.3) is 0 Å². The number of hydrogen-bond acceptors (Lipinski definition) is 2. The number of carbonyl (C=O) groups is 1. The van der Waals surface area contributed by atoms with E-state index in [0.717, 1.165) is 0 Å². The summed E-state index contributed by atoms with van der Waals surface area (Å²) >= 11 is 8.95. The van der Waals surface area contributed by atoms with Gasteiger partial charge in [-0.3, -0.25) is 9.48 Å². The van der Waals surface area contributed by atoms with Gasteiger partial charge in [0.05, 0.1) is 16.9 Å². The van der Waals surface area contributed by atoms with E-state index in [1.807, 2.05) is 6.92 Å². The van der Waals surface area contributed by atoms with Crippen molar-refractivity contribution in [3.8, 4) is 0 Å². The van der Waals surface area contributed by atoms with Gasteiger partial charge in [0.2, 0.25) is 5.91 Å². The minimum absolute atomic E-state index is 0.134. The molecule has 0 bridgehead atoms. The van der Waals surface area contributed by atoms with E-state index in [0.29, 0.717) is 15.9 Å². The topological polar surface area (TPSA) is 46.9 Å². The molecule has 2 rings (SSSR count). The summed E-state index contributed by atoms with van der Waals surface area (Å²) in [5.41, 5.74) is 0.134. The third-order valence-corrected chi connectivity index (χ3v) is 3.46. The first kappa shape index (κ1) is 15.0. The smallest absolute Gasteiger partial charge is 0.249 e. The number of nitrogens with zero attached hydrogens (tertiary/aromatic N) is 2. The molecular formula is C13H12BrClFN3O. The van der Waals surface area contributed by atoms with Gasteiger partial charge in [-0.2, -0.15) is 5.10 Å². The van der Waals surface area contributed by atoms with E-state index >= 15 is 0 Å². The van der Waals surface area contributed by atoms with Crippen LogP contribution in [0.5, 0.6) is 0 Å². The Kier molecular flexibility index (Phi) is 4.77. The molecule has 1 atom stereocenters. The van der Waals surface area contributed by atoms with Crippen molar-refractivity contribution in [1.29, 1.82) is 0 Å². The Morgan fingerprint density at radius 3 is 2.90 bits per heavy atom. The average molecular weight is 361 g/mol. The second-order valence-electron chi connectivity index (χ2n) is 4.18. The first-order valence-electron chi connectivity index (χ1n) is 5.97. The van der Waals surface area contributed by atoms with Gasteiger partial charge in [0, 0.05) is 10.7 Å². The molecular weight excluding hydrogens is 349 g/mol. The van der Waals surface area contributed by atoms with E-state index in [-0.39, 0.29) is 11.6 Å². The molecule has 0 saturated carbocycles. The number of hydrogen-bond donors (Lipinski definition) is 1. The fourth-order valence-electron chi connectivity index (χ4n) is 1.78. The maximum Gasteiger partial charge on any atom is 0.249 e. The SMILES string of the molecule is CCC(C(=O)Nc1ccc(Br)cc1F)n1cc(Cl)cn1. The van der Waals surface area contributed by atoms with Gasteiger partial charge in [0.25, 0.3) is 0 Å². The molecule has 1 aromatic heterocycles. The van der Waals surface area contributed by atoms with E-state index < -0.39 is 11.9 Å². The van der Waals surface area contributed by atoms with Crippen molar-refractivity contribution >= 4 is 39.1 Å². The lowest BCUT2D eigenvalue weighted by atomic mass is 10.2. The van der Waals surface area contributed by atoms with Crippen molar-refractivity contribution in [3.63, 3.8) is 0 Å². The molecule has 1 unspecified atom stereocenters. The van der Waals surface area contributed by atoms with Gasteiger partial charge in [-0.25, -0.2) is 4.39 Å². The molecule has 0 fully saturated rings. The number of amides is 1. The van der Waals surface area contributed by atoms with Crippen LogP contribution in [0.3, 0.4) is 0 Å². The number of halogens is 3. The monoisotopic (exact) mass is 359 g/mol. The molecule has 4 nitrogen and oxygen atoms in total. The van der Waals surface area contributed by atoms with Gasteiger partial charge >= 0.3 is 0 Å². The minimum atomic E-state index is -0.537. The molecule has 106 valence electrons. The van der Waals surface area contributed by atoms with E-state index in [9.17, 15) is 9.18 Å². The van der Waals surface area contributed by atoms with Crippen LogP contribution >= 0.6 is 27.5 Å². The first-order valence-corrected chi connectivity index (χ1v) is 7.14. The number of benzene rings is 1. The molecule has 0 saturated heterocycles. The molecule has 1 amide bonds. The van der Waals surface area contributed by atoms with Crippen LogP contribution in [0.4, 0.5) is 10.1 Å². The highest BCUT2D eigenvalue weighted by Crippen LogP contribution is 2.22. The lowest BCUT2D eigenvalue weighted by Gasteiger charge is -2.15. The Balaban J connectivity index is 2.17. The molecule has 0 spiro atoms. The highest BCUT2D eigenvalue weighted by atomic mass is 79.9. The quantitative estimate of drug-likeness (QED) is 0.895. The van der Waals surface area contributed by atoms with Crippen molar-refractivity contribution < 1.29 is 9.18 Å². The van der Waals surface area contributed by atoms with Crippen molar-refractivity contribution in [1.82, 2.24) is 9.78 Å². The maximum absolute atomic E-state index is 13.7. The zero-order valence-electron chi connectivity index (χ0n) is 10.6. The van der Waals surface area contributed by atoms with Crippen LogP contribution in [-0.4, -0.2) is 15.7 Å². The summed E-state index contributed by atoms with van der Waals surface area (Å²) in [5.74, 6) is -0.838. The molecule has 0 radical (unpaired) electrons. The maximum atomic E-state index is 13.7. The summed E-state index contributed by atoms with van der Waals surface area (Å²) in [7, 11) is 0. The van der Waals surface area contributed by atoms with Gasteiger partial charge in [-0.15, -0.1) is 0 Å². The van der Waals surface area contributed by atoms with Crippen molar-refractivity contribution in [2.75, 3.05) is 5.32 Å². The van der Waals surface area contributed by atoms with Gasteiger partial charge in [0.15, 0.2) is 0 Å². The van der Waals surface area contributed by atoms with Gasteiger partial charge < -0.3 is 5.32 Å². The lowest BCUT2D eigenvalue weighted by molar-refractivity contribution is -0.119. The molecule has 0 aliphatic carbocycles. The largest absolute Gasteiger partial charge is 0.322 e. The predicted molar refractivity (Wildman–Crippen MR) is 79.3 cm³/mol. The van der Waals surface area contributed by atoms with Crippen LogP contribution in [0.15, 0.2) is 35.1 Å². The molecule has 0 aliphatic rings. The number of anilines is 1. The molecule has 7 heteroatoms. The standard InChI is InChI=1S/C13H12BrClFN3O/c1-2-12(19-7-9(15)6-17-19)13(20)18-11-4-3-8(14)5-10(11)16/h3-7,12H,2H2,1H3,(H,18,20). The molecule has 1 N–H and O–H groups in total. The third kappa shape index (κ3) is 3.37. The number of carbonyl (C=O) groups excluding carboxylic acids is 1. The Morgan fingerprint density at radius 1 is 1.60 bits per heavy atom. The third-order valence-electron chi connectivity index (χ3n) is 2.77. The molecule has 1 heterocycles. The summed E-state index contributed by atoms with van der Waals surface area (Å²) in [6, 6.07) is 3.91. The number of aromatic nitrogens is 2. The summed E-state index contributed by atoms with van der Waals surface area (Å²) in [4.78, 5) is 12.2. The zero-order valence-corrected chi connectivity index (χ0v) is 12.9. The zero-order chi connectivity index (χ0) is 14.7. The number of nitrogens with one attached hydrogen (secondary N) is 1. The summed E-state index contributed by atoms with van der Waals surface area (Å²) in [6.07, 6.45) is 3.53. The fourth-order valence-corrected chi connectivity index (χ4v) is 2.26. The van der Waals surface area contributed by atoms with Gasteiger partial charge in [-0.1, -0.05) is 34.5 Å². The van der Waals surface area contributed by atoms with E-state index in [2.05, 4.69) is 26.3 Å². The summed E-state index contributed by atoms with van der Waals surface area (Å²) in [6.45, 7) is 1.85. The van der Waals surface area contributed by atoms with Gasteiger partial charge in [-0.05, 0) is 24.6 Å². The van der Waals surface area contributed by atoms with E-state index in [1.54, 1.807) is 12.3 Å². The Hall–Kier alpha value is -1.40.